The number of halogens is 1. The summed E-state index contributed by atoms with van der Waals surface area (Å²) < 4.78 is 0. The minimum atomic E-state index is -0.365. The molecule has 0 aliphatic rings. The zero-order valence-corrected chi connectivity index (χ0v) is 13.1. The molecule has 0 saturated heterocycles. The van der Waals surface area contributed by atoms with Gasteiger partial charge < -0.3 is 10.7 Å². The van der Waals surface area contributed by atoms with E-state index >= 15 is 0 Å². The number of benzene rings is 1. The molecule has 1 aromatic rings. The van der Waals surface area contributed by atoms with Crippen LogP contribution in [0.5, 0.6) is 0 Å². The van der Waals surface area contributed by atoms with E-state index in [9.17, 15) is 9.59 Å². The first-order valence-corrected chi connectivity index (χ1v) is 7.11. The fraction of sp³-hybridized carbons (Fsp3) is 0.333. The average Bonchev–Trinajstić information content (AvgIpc) is 2.44. The van der Waals surface area contributed by atoms with E-state index in [1.165, 1.54) is 6.08 Å². The Kier molecular flexibility index (Phi) is 6.75. The monoisotopic (exact) mass is 309 g/mol. The van der Waals surface area contributed by atoms with E-state index in [2.05, 4.69) is 16.2 Å². The molecule has 6 heteroatoms. The quantitative estimate of drug-likeness (QED) is 0.558. The normalized spacial score (nSPS) is 12.5. The van der Waals surface area contributed by atoms with Crippen molar-refractivity contribution in [2.24, 2.45) is 0 Å². The summed E-state index contributed by atoms with van der Waals surface area (Å²) >= 11 is 5.92. The van der Waals surface area contributed by atoms with Crippen molar-refractivity contribution in [3.05, 3.63) is 46.6 Å². The van der Waals surface area contributed by atoms with Crippen LogP contribution >= 0.6 is 11.6 Å². The van der Waals surface area contributed by atoms with Gasteiger partial charge in [-0.2, -0.15) is 0 Å². The zero-order chi connectivity index (χ0) is 15.8. The maximum absolute atomic E-state index is 11.9. The number of hydrazine groups is 1. The molecule has 0 radical (unpaired) electrons. The molecule has 2 amide bonds. The van der Waals surface area contributed by atoms with Crippen molar-refractivity contribution in [3.8, 4) is 0 Å². The van der Waals surface area contributed by atoms with Crippen molar-refractivity contribution in [1.29, 1.82) is 0 Å². The van der Waals surface area contributed by atoms with Crippen molar-refractivity contribution in [3.63, 3.8) is 0 Å². The summed E-state index contributed by atoms with van der Waals surface area (Å²) in [7, 11) is 0. The summed E-state index contributed by atoms with van der Waals surface area (Å²) in [5, 5.41) is 3.17. The number of hydrogen-bond donors (Lipinski definition) is 3. The Morgan fingerprint density at radius 1 is 1.29 bits per heavy atom. The largest absolute Gasteiger partial charge is 0.350 e. The van der Waals surface area contributed by atoms with Crippen LogP contribution in [0.15, 0.2) is 36.0 Å². The molecule has 1 atom stereocenters. The van der Waals surface area contributed by atoms with Gasteiger partial charge in [0.1, 0.15) is 0 Å². The lowest BCUT2D eigenvalue weighted by molar-refractivity contribution is -0.117. The van der Waals surface area contributed by atoms with Crippen molar-refractivity contribution in [2.75, 3.05) is 0 Å². The Morgan fingerprint density at radius 2 is 1.95 bits per heavy atom. The number of carbonyl (C=O) groups excluding carboxylic acids is 2. The first-order chi connectivity index (χ1) is 9.93. The third-order valence-electron chi connectivity index (χ3n) is 2.84. The van der Waals surface area contributed by atoms with Crippen LogP contribution in [0.2, 0.25) is 5.02 Å². The number of rotatable bonds is 6. The van der Waals surface area contributed by atoms with Gasteiger partial charge in [-0.3, -0.25) is 15.0 Å². The van der Waals surface area contributed by atoms with Gasteiger partial charge in [-0.25, -0.2) is 0 Å². The smallest absolute Gasteiger partial charge is 0.271 e. The maximum Gasteiger partial charge on any atom is 0.271 e. The molecular formula is C15H20ClN3O2. The zero-order valence-electron chi connectivity index (χ0n) is 12.4. The Balaban J connectivity index is 2.53. The highest BCUT2D eigenvalue weighted by atomic mass is 35.5. The first kappa shape index (κ1) is 17.0. The number of hydrogen-bond acceptors (Lipinski definition) is 3. The van der Waals surface area contributed by atoms with E-state index in [-0.39, 0.29) is 17.9 Å². The van der Waals surface area contributed by atoms with Crippen LogP contribution in [-0.4, -0.2) is 17.9 Å². The van der Waals surface area contributed by atoms with E-state index in [1.807, 2.05) is 13.8 Å². The molecule has 114 valence electrons. The van der Waals surface area contributed by atoms with E-state index in [1.54, 1.807) is 31.2 Å². The van der Waals surface area contributed by atoms with Gasteiger partial charge in [-0.15, -0.1) is 0 Å². The molecule has 0 bridgehead atoms. The van der Waals surface area contributed by atoms with Crippen LogP contribution < -0.4 is 16.2 Å². The van der Waals surface area contributed by atoms with Gasteiger partial charge in [0.2, 0.25) is 5.91 Å². The average molecular weight is 310 g/mol. The number of nitrogens with one attached hydrogen (secondary N) is 3. The van der Waals surface area contributed by atoms with Crippen LogP contribution in [0.1, 0.15) is 37.6 Å². The second-order valence-electron chi connectivity index (χ2n) is 4.70. The van der Waals surface area contributed by atoms with Crippen molar-refractivity contribution in [1.82, 2.24) is 16.2 Å². The molecular weight excluding hydrogens is 290 g/mol. The second-order valence-corrected chi connectivity index (χ2v) is 5.11. The van der Waals surface area contributed by atoms with Crippen LogP contribution in [0, 0.1) is 0 Å². The summed E-state index contributed by atoms with van der Waals surface area (Å²) in [4.78, 5) is 23.5. The summed E-state index contributed by atoms with van der Waals surface area (Å²) in [6.45, 7) is 5.60. The molecule has 3 N–H and O–H groups in total. The predicted molar refractivity (Wildman–Crippen MR) is 83.7 cm³/mol. The summed E-state index contributed by atoms with van der Waals surface area (Å²) in [6.07, 6.45) is 2.24. The van der Waals surface area contributed by atoms with Crippen molar-refractivity contribution < 1.29 is 9.59 Å². The molecule has 0 aliphatic carbocycles. The van der Waals surface area contributed by atoms with Crippen molar-refractivity contribution >= 4 is 23.4 Å². The standard InChI is InChI=1S/C15H20ClN3O2/c1-4-10(2)17-14(20)9-11(3)18-19-15(21)12-7-5-6-8-13(12)16/h5-10,18H,4H2,1-3H3,(H,17,20)(H,19,21). The summed E-state index contributed by atoms with van der Waals surface area (Å²) in [6, 6.07) is 6.84. The number of carbonyl (C=O) groups is 2. The molecule has 0 aliphatic heterocycles. The molecule has 0 fully saturated rings. The Hall–Kier alpha value is -2.01. The third kappa shape index (κ3) is 5.87. The Bertz CT molecular complexity index is 543. The molecule has 0 spiro atoms. The lowest BCUT2D eigenvalue weighted by atomic mass is 10.2. The van der Waals surface area contributed by atoms with Crippen LogP contribution in [0.4, 0.5) is 0 Å². The molecule has 1 rings (SSSR count). The highest BCUT2D eigenvalue weighted by molar-refractivity contribution is 6.33. The van der Waals surface area contributed by atoms with Gasteiger partial charge in [0.25, 0.3) is 5.91 Å². The predicted octanol–water partition coefficient (Wildman–Crippen LogP) is 2.39. The number of amides is 2. The molecule has 0 aromatic heterocycles. The SMILES string of the molecule is CCC(C)NC(=O)C=C(C)NNC(=O)c1ccccc1Cl. The van der Waals surface area contributed by atoms with Gasteiger partial charge in [-0.1, -0.05) is 30.7 Å². The molecule has 1 unspecified atom stereocenters. The van der Waals surface area contributed by atoms with E-state index in [4.69, 9.17) is 11.6 Å². The summed E-state index contributed by atoms with van der Waals surface area (Å²) in [5.41, 5.74) is 6.05. The Labute approximate surface area is 129 Å². The molecule has 0 heterocycles. The van der Waals surface area contributed by atoms with Crippen LogP contribution in [-0.2, 0) is 4.79 Å². The first-order valence-electron chi connectivity index (χ1n) is 6.73. The minimum absolute atomic E-state index is 0.110. The van der Waals surface area contributed by atoms with E-state index < -0.39 is 0 Å². The van der Waals surface area contributed by atoms with Crippen molar-refractivity contribution in [2.45, 2.75) is 33.2 Å². The fourth-order valence-corrected chi connectivity index (χ4v) is 1.71. The molecule has 1 aromatic carbocycles. The minimum Gasteiger partial charge on any atom is -0.350 e. The van der Waals surface area contributed by atoms with Gasteiger partial charge in [-0.05, 0) is 32.4 Å². The van der Waals surface area contributed by atoms with E-state index in [0.717, 1.165) is 6.42 Å². The lowest BCUT2D eigenvalue weighted by Crippen LogP contribution is -2.37. The third-order valence-corrected chi connectivity index (χ3v) is 3.17. The summed E-state index contributed by atoms with van der Waals surface area (Å²) in [5.74, 6) is -0.572. The topological polar surface area (TPSA) is 70.2 Å². The highest BCUT2D eigenvalue weighted by Gasteiger charge is 2.09. The number of allylic oxidation sites excluding steroid dienone is 1. The highest BCUT2D eigenvalue weighted by Crippen LogP contribution is 2.14. The van der Waals surface area contributed by atoms with Gasteiger partial charge in [0, 0.05) is 17.8 Å². The van der Waals surface area contributed by atoms with Crippen LogP contribution in [0.3, 0.4) is 0 Å². The van der Waals surface area contributed by atoms with E-state index in [0.29, 0.717) is 16.3 Å². The van der Waals surface area contributed by atoms with Crippen LogP contribution in [0.25, 0.3) is 0 Å². The maximum atomic E-state index is 11.9. The van der Waals surface area contributed by atoms with Gasteiger partial charge >= 0.3 is 0 Å². The fourth-order valence-electron chi connectivity index (χ4n) is 1.49. The van der Waals surface area contributed by atoms with Gasteiger partial charge in [0.15, 0.2) is 0 Å². The lowest BCUT2D eigenvalue weighted by Gasteiger charge is -2.11. The molecule has 5 nitrogen and oxygen atoms in total. The van der Waals surface area contributed by atoms with Gasteiger partial charge in [0.05, 0.1) is 10.6 Å². The molecule has 21 heavy (non-hydrogen) atoms. The Morgan fingerprint density at radius 3 is 2.57 bits per heavy atom. The second kappa shape index (κ2) is 8.32. The molecule has 0 saturated carbocycles.